The maximum Gasteiger partial charge on any atom is 0.229 e. The molecule has 0 radical (unpaired) electrons. The van der Waals surface area contributed by atoms with Gasteiger partial charge in [-0.3, -0.25) is 4.72 Å². The standard InChI is InChI=1S/C25H30N2O5S/c1-17-13-19(10-12-25(17)32-2)21(14-18-7-5-4-6-8-18)26-16-24(29)20-9-11-23(28)22(15-20)27-33(3,30)31/h4-13,15,21,24,26-29H,14,16H2,1-3H3/t21-,24-/m0/s1. The smallest absolute Gasteiger partial charge is 0.229 e. The van der Waals surface area contributed by atoms with E-state index < -0.39 is 16.1 Å². The van der Waals surface area contributed by atoms with Crippen LogP contribution in [0, 0.1) is 6.92 Å². The van der Waals surface area contributed by atoms with Crippen molar-refractivity contribution in [3.63, 3.8) is 0 Å². The Morgan fingerprint density at radius 1 is 1.00 bits per heavy atom. The third-order valence-corrected chi connectivity index (χ3v) is 5.95. The van der Waals surface area contributed by atoms with Crippen LogP contribution in [0.5, 0.6) is 11.5 Å². The van der Waals surface area contributed by atoms with Crippen molar-refractivity contribution in [3.8, 4) is 11.5 Å². The lowest BCUT2D eigenvalue weighted by atomic mass is 9.96. The summed E-state index contributed by atoms with van der Waals surface area (Å²) in [5.74, 6) is 0.604. The molecule has 0 fully saturated rings. The van der Waals surface area contributed by atoms with Crippen LogP contribution >= 0.6 is 0 Å². The molecule has 4 N–H and O–H groups in total. The summed E-state index contributed by atoms with van der Waals surface area (Å²) in [7, 11) is -1.92. The Morgan fingerprint density at radius 3 is 2.33 bits per heavy atom. The second-order valence-corrected chi connectivity index (χ2v) is 9.79. The Hall–Kier alpha value is -3.07. The molecule has 0 saturated carbocycles. The molecule has 0 heterocycles. The number of benzene rings is 3. The van der Waals surface area contributed by atoms with Gasteiger partial charge in [-0.25, -0.2) is 8.42 Å². The summed E-state index contributed by atoms with van der Waals surface area (Å²) in [6.45, 7) is 2.22. The zero-order chi connectivity index (χ0) is 24.0. The summed E-state index contributed by atoms with van der Waals surface area (Å²) in [4.78, 5) is 0. The molecule has 176 valence electrons. The lowest BCUT2D eigenvalue weighted by Crippen LogP contribution is -2.28. The van der Waals surface area contributed by atoms with E-state index in [1.54, 1.807) is 13.2 Å². The van der Waals surface area contributed by atoms with Crippen molar-refractivity contribution < 1.29 is 23.4 Å². The van der Waals surface area contributed by atoms with Gasteiger partial charge in [0.05, 0.1) is 25.2 Å². The lowest BCUT2D eigenvalue weighted by Gasteiger charge is -2.23. The van der Waals surface area contributed by atoms with Crippen molar-refractivity contribution >= 4 is 15.7 Å². The fraction of sp³-hybridized carbons (Fsp3) is 0.280. The number of rotatable bonds is 10. The first kappa shape index (κ1) is 24.6. The van der Waals surface area contributed by atoms with E-state index in [1.807, 2.05) is 37.3 Å². The van der Waals surface area contributed by atoms with Crippen molar-refractivity contribution in [3.05, 3.63) is 89.0 Å². The van der Waals surface area contributed by atoms with Gasteiger partial charge in [0.2, 0.25) is 10.0 Å². The fourth-order valence-electron chi connectivity index (χ4n) is 3.69. The van der Waals surface area contributed by atoms with Crippen LogP contribution in [0.3, 0.4) is 0 Å². The van der Waals surface area contributed by atoms with Gasteiger partial charge in [0, 0.05) is 12.6 Å². The van der Waals surface area contributed by atoms with Gasteiger partial charge < -0.3 is 20.3 Å². The largest absolute Gasteiger partial charge is 0.506 e. The normalized spacial score (nSPS) is 13.3. The van der Waals surface area contributed by atoms with Gasteiger partial charge in [0.15, 0.2) is 0 Å². The second-order valence-electron chi connectivity index (χ2n) is 8.05. The van der Waals surface area contributed by atoms with Crippen LogP contribution in [-0.4, -0.2) is 38.5 Å². The molecule has 7 nitrogen and oxygen atoms in total. The number of phenolic OH excluding ortho intramolecular Hbond substituents is 1. The number of nitrogens with one attached hydrogen (secondary N) is 2. The van der Waals surface area contributed by atoms with E-state index in [9.17, 15) is 18.6 Å². The Kier molecular flexibility index (Phi) is 7.97. The predicted molar refractivity (Wildman–Crippen MR) is 130 cm³/mol. The van der Waals surface area contributed by atoms with Crippen LogP contribution in [0.4, 0.5) is 5.69 Å². The molecule has 0 aromatic heterocycles. The summed E-state index contributed by atoms with van der Waals surface area (Å²) in [6.07, 6.45) is 0.807. The minimum Gasteiger partial charge on any atom is -0.506 e. The van der Waals surface area contributed by atoms with Crippen molar-refractivity contribution in [2.75, 3.05) is 24.6 Å². The number of sulfonamides is 1. The first-order valence-electron chi connectivity index (χ1n) is 10.6. The van der Waals surface area contributed by atoms with Crippen LogP contribution in [0.15, 0.2) is 66.7 Å². The quantitative estimate of drug-likeness (QED) is 0.337. The molecule has 0 spiro atoms. The molecule has 33 heavy (non-hydrogen) atoms. The molecule has 3 aromatic carbocycles. The molecule has 0 saturated heterocycles. The molecule has 0 aliphatic carbocycles. The number of anilines is 1. The maximum absolute atomic E-state index is 11.5. The molecule has 2 atom stereocenters. The highest BCUT2D eigenvalue weighted by Crippen LogP contribution is 2.29. The van der Waals surface area contributed by atoms with Crippen LogP contribution < -0.4 is 14.8 Å². The minimum absolute atomic E-state index is 0.0284. The Bertz CT molecular complexity index is 1180. The van der Waals surface area contributed by atoms with Gasteiger partial charge in [-0.1, -0.05) is 48.5 Å². The Labute approximate surface area is 195 Å². The maximum atomic E-state index is 11.5. The van der Waals surface area contributed by atoms with E-state index >= 15 is 0 Å². The van der Waals surface area contributed by atoms with Crippen molar-refractivity contribution in [2.45, 2.75) is 25.5 Å². The van der Waals surface area contributed by atoms with Crippen LogP contribution in [0.2, 0.25) is 0 Å². The molecule has 3 aromatic rings. The van der Waals surface area contributed by atoms with E-state index in [1.165, 1.54) is 12.1 Å². The highest BCUT2D eigenvalue weighted by Gasteiger charge is 2.18. The second kappa shape index (κ2) is 10.7. The summed E-state index contributed by atoms with van der Waals surface area (Å²) in [6, 6.07) is 20.4. The zero-order valence-corrected chi connectivity index (χ0v) is 19.8. The zero-order valence-electron chi connectivity index (χ0n) is 18.9. The predicted octanol–water partition coefficient (Wildman–Crippen LogP) is 3.69. The number of phenols is 1. The van der Waals surface area contributed by atoms with Crippen LogP contribution in [0.1, 0.15) is 34.4 Å². The molecule has 0 aliphatic rings. The first-order chi connectivity index (χ1) is 15.7. The third kappa shape index (κ3) is 6.95. The lowest BCUT2D eigenvalue weighted by molar-refractivity contribution is 0.169. The molecule has 0 aliphatic heterocycles. The summed E-state index contributed by atoms with van der Waals surface area (Å²) in [5, 5.41) is 24.2. The average Bonchev–Trinajstić information content (AvgIpc) is 2.77. The highest BCUT2D eigenvalue weighted by atomic mass is 32.2. The van der Waals surface area contributed by atoms with Gasteiger partial charge in [-0.05, 0) is 53.8 Å². The number of aliphatic hydroxyl groups excluding tert-OH is 1. The molecule has 0 unspecified atom stereocenters. The monoisotopic (exact) mass is 470 g/mol. The summed E-state index contributed by atoms with van der Waals surface area (Å²) in [5.41, 5.74) is 3.75. The third-order valence-electron chi connectivity index (χ3n) is 5.36. The van der Waals surface area contributed by atoms with Crippen molar-refractivity contribution in [2.24, 2.45) is 0 Å². The van der Waals surface area contributed by atoms with Gasteiger partial charge in [-0.15, -0.1) is 0 Å². The topological polar surface area (TPSA) is 108 Å². The minimum atomic E-state index is -3.57. The van der Waals surface area contributed by atoms with E-state index in [4.69, 9.17) is 4.74 Å². The number of ether oxygens (including phenoxy) is 1. The van der Waals surface area contributed by atoms with E-state index in [2.05, 4.69) is 28.2 Å². The highest BCUT2D eigenvalue weighted by molar-refractivity contribution is 7.92. The van der Waals surface area contributed by atoms with Crippen LogP contribution in [-0.2, 0) is 16.4 Å². The average molecular weight is 471 g/mol. The molecular weight excluding hydrogens is 440 g/mol. The molecule has 3 rings (SSSR count). The summed E-state index contributed by atoms with van der Waals surface area (Å²) < 4.78 is 30.7. The van der Waals surface area contributed by atoms with Gasteiger partial charge in [0.25, 0.3) is 0 Å². The van der Waals surface area contributed by atoms with Gasteiger partial charge in [-0.2, -0.15) is 0 Å². The van der Waals surface area contributed by atoms with Crippen molar-refractivity contribution in [1.29, 1.82) is 0 Å². The summed E-state index contributed by atoms with van der Waals surface area (Å²) >= 11 is 0. The van der Waals surface area contributed by atoms with Gasteiger partial charge in [0.1, 0.15) is 11.5 Å². The van der Waals surface area contributed by atoms with Crippen LogP contribution in [0.25, 0.3) is 0 Å². The van der Waals surface area contributed by atoms with E-state index in [0.29, 0.717) is 5.56 Å². The van der Waals surface area contributed by atoms with E-state index in [-0.39, 0.29) is 24.0 Å². The van der Waals surface area contributed by atoms with Gasteiger partial charge >= 0.3 is 0 Å². The number of hydrogen-bond donors (Lipinski definition) is 4. The number of methoxy groups -OCH3 is 1. The number of aromatic hydroxyl groups is 1. The van der Waals surface area contributed by atoms with E-state index in [0.717, 1.165) is 35.1 Å². The number of hydrogen-bond acceptors (Lipinski definition) is 6. The molecule has 0 amide bonds. The Balaban J connectivity index is 1.80. The fourth-order valence-corrected chi connectivity index (χ4v) is 4.25. The van der Waals surface area contributed by atoms with Crippen molar-refractivity contribution in [1.82, 2.24) is 5.32 Å². The molecular formula is C25H30N2O5S. The number of aliphatic hydroxyl groups is 1. The molecule has 8 heteroatoms. The Morgan fingerprint density at radius 2 is 1.70 bits per heavy atom. The molecule has 0 bridgehead atoms. The number of aryl methyl sites for hydroxylation is 1. The first-order valence-corrected chi connectivity index (χ1v) is 12.5. The SMILES string of the molecule is COc1ccc([C@H](Cc2ccccc2)NC[C@H](O)c2ccc(O)c(NS(C)(=O)=O)c2)cc1C.